The van der Waals surface area contributed by atoms with Gasteiger partial charge in [0.2, 0.25) is 0 Å². The lowest BCUT2D eigenvalue weighted by Crippen LogP contribution is -1.88. The summed E-state index contributed by atoms with van der Waals surface area (Å²) in [6.07, 6.45) is 0.765. The molecule has 0 spiro atoms. The van der Waals surface area contributed by atoms with Gasteiger partial charge >= 0.3 is 0 Å². The molecule has 0 unspecified atom stereocenters. The van der Waals surface area contributed by atoms with Gasteiger partial charge in [-0.15, -0.1) is 0 Å². The van der Waals surface area contributed by atoms with Crippen LogP contribution < -0.4 is 0 Å². The highest BCUT2D eigenvalue weighted by Crippen LogP contribution is 1.97. The second kappa shape index (κ2) is 7.66. The molecule has 0 fully saturated rings. The number of aliphatic hydroxyl groups excluding tert-OH is 1. The van der Waals surface area contributed by atoms with Gasteiger partial charge < -0.3 is 5.11 Å². The lowest BCUT2D eigenvalue weighted by atomic mass is 10.2. The third kappa shape index (κ3) is 5.32. The third-order valence-corrected chi connectivity index (χ3v) is 2.18. The van der Waals surface area contributed by atoms with Crippen LogP contribution >= 0.6 is 0 Å². The van der Waals surface area contributed by atoms with E-state index in [2.05, 4.69) is 19.1 Å². The normalized spacial score (nSPS) is 9.12. The summed E-state index contributed by atoms with van der Waals surface area (Å²) >= 11 is 0. The molecular formula is C15H18O. The largest absolute Gasteiger partial charge is 0.396 e. The van der Waals surface area contributed by atoms with Crippen molar-refractivity contribution >= 4 is 0 Å². The molecule has 0 saturated heterocycles. The zero-order valence-electron chi connectivity index (χ0n) is 9.63. The molecule has 0 aliphatic rings. The minimum Gasteiger partial charge on any atom is -0.396 e. The molecule has 2 aromatic rings. The van der Waals surface area contributed by atoms with E-state index < -0.39 is 0 Å². The molecule has 0 amide bonds. The summed E-state index contributed by atoms with van der Waals surface area (Å²) in [6, 6.07) is 20.2. The van der Waals surface area contributed by atoms with E-state index in [1.54, 1.807) is 0 Å². The number of hydrogen-bond acceptors (Lipinski definition) is 1. The molecule has 0 bridgehead atoms. The van der Waals surface area contributed by atoms with Crippen LogP contribution in [-0.2, 0) is 6.42 Å². The predicted octanol–water partition coefficient (Wildman–Crippen LogP) is 3.22. The van der Waals surface area contributed by atoms with Crippen molar-refractivity contribution in [1.82, 2.24) is 0 Å². The summed E-state index contributed by atoms with van der Waals surface area (Å²) < 4.78 is 0. The second-order valence-corrected chi connectivity index (χ2v) is 3.61. The van der Waals surface area contributed by atoms with Crippen LogP contribution in [0.15, 0.2) is 60.7 Å². The summed E-state index contributed by atoms with van der Waals surface area (Å²) in [5.41, 5.74) is 2.52. The Kier molecular flexibility index (Phi) is 5.97. The zero-order valence-corrected chi connectivity index (χ0v) is 9.63. The Morgan fingerprint density at radius 2 is 1.31 bits per heavy atom. The molecule has 0 aliphatic heterocycles. The highest BCUT2D eigenvalue weighted by Gasteiger charge is 1.85. The van der Waals surface area contributed by atoms with E-state index in [0.29, 0.717) is 0 Å². The van der Waals surface area contributed by atoms with Gasteiger partial charge in [0.25, 0.3) is 0 Å². The monoisotopic (exact) mass is 214 g/mol. The minimum absolute atomic E-state index is 0.240. The van der Waals surface area contributed by atoms with Crippen LogP contribution in [0.25, 0.3) is 0 Å². The minimum atomic E-state index is 0.240. The molecular weight excluding hydrogens is 196 g/mol. The van der Waals surface area contributed by atoms with Gasteiger partial charge in [0.1, 0.15) is 0 Å². The number of benzene rings is 2. The summed E-state index contributed by atoms with van der Waals surface area (Å²) in [4.78, 5) is 0. The van der Waals surface area contributed by atoms with Crippen LogP contribution in [0.5, 0.6) is 0 Å². The smallest absolute Gasteiger partial charge is 0.0471 e. The van der Waals surface area contributed by atoms with Gasteiger partial charge in [-0.25, -0.2) is 0 Å². The van der Waals surface area contributed by atoms with E-state index >= 15 is 0 Å². The van der Waals surface area contributed by atoms with Crippen LogP contribution in [0.4, 0.5) is 0 Å². The Morgan fingerprint density at radius 3 is 1.69 bits per heavy atom. The lowest BCUT2D eigenvalue weighted by Gasteiger charge is -1.93. The SMILES string of the molecule is Cc1ccccc1.OCCc1ccccc1. The number of aryl methyl sites for hydroxylation is 1. The molecule has 0 radical (unpaired) electrons. The Hall–Kier alpha value is -1.60. The average Bonchev–Trinajstić information content (AvgIpc) is 2.33. The molecule has 2 aromatic carbocycles. The van der Waals surface area contributed by atoms with Gasteiger partial charge in [-0.3, -0.25) is 0 Å². The standard InChI is InChI=1S/C8H10O.C7H8/c9-7-6-8-4-2-1-3-5-8;1-7-5-3-2-4-6-7/h1-5,9H,6-7H2;2-6H,1H3. The fourth-order valence-electron chi connectivity index (χ4n) is 1.31. The van der Waals surface area contributed by atoms with Gasteiger partial charge in [-0.1, -0.05) is 66.2 Å². The molecule has 1 N–H and O–H groups in total. The highest BCUT2D eigenvalue weighted by molar-refractivity contribution is 5.14. The van der Waals surface area contributed by atoms with Crippen molar-refractivity contribution in [3.63, 3.8) is 0 Å². The van der Waals surface area contributed by atoms with E-state index in [0.717, 1.165) is 6.42 Å². The van der Waals surface area contributed by atoms with Crippen LogP contribution in [0.1, 0.15) is 11.1 Å². The quantitative estimate of drug-likeness (QED) is 0.813. The summed E-state index contributed by atoms with van der Waals surface area (Å²) in [5.74, 6) is 0. The van der Waals surface area contributed by atoms with Crippen molar-refractivity contribution in [2.75, 3.05) is 6.61 Å². The van der Waals surface area contributed by atoms with Gasteiger partial charge in [0, 0.05) is 6.61 Å². The van der Waals surface area contributed by atoms with Crippen LogP contribution in [0, 0.1) is 6.92 Å². The van der Waals surface area contributed by atoms with Gasteiger partial charge in [-0.2, -0.15) is 0 Å². The number of rotatable bonds is 2. The predicted molar refractivity (Wildman–Crippen MR) is 68.4 cm³/mol. The summed E-state index contributed by atoms with van der Waals surface area (Å²) in [6.45, 7) is 2.32. The molecule has 2 rings (SSSR count). The van der Waals surface area contributed by atoms with Crippen LogP contribution in [0.2, 0.25) is 0 Å². The molecule has 0 heterocycles. The van der Waals surface area contributed by atoms with Gasteiger partial charge in [0.05, 0.1) is 0 Å². The van der Waals surface area contributed by atoms with Crippen LogP contribution in [-0.4, -0.2) is 11.7 Å². The summed E-state index contributed by atoms with van der Waals surface area (Å²) in [7, 11) is 0. The second-order valence-electron chi connectivity index (χ2n) is 3.61. The zero-order chi connectivity index (χ0) is 11.6. The fourth-order valence-corrected chi connectivity index (χ4v) is 1.31. The molecule has 0 aromatic heterocycles. The first kappa shape index (κ1) is 12.5. The van der Waals surface area contributed by atoms with E-state index in [-0.39, 0.29) is 6.61 Å². The van der Waals surface area contributed by atoms with Crippen molar-refractivity contribution in [1.29, 1.82) is 0 Å². The highest BCUT2D eigenvalue weighted by atomic mass is 16.2. The fraction of sp³-hybridized carbons (Fsp3) is 0.200. The van der Waals surface area contributed by atoms with Crippen molar-refractivity contribution in [3.8, 4) is 0 Å². The van der Waals surface area contributed by atoms with Crippen molar-refractivity contribution in [3.05, 3.63) is 71.8 Å². The van der Waals surface area contributed by atoms with E-state index in [4.69, 9.17) is 5.11 Å². The van der Waals surface area contributed by atoms with E-state index in [1.807, 2.05) is 48.5 Å². The maximum atomic E-state index is 8.52. The van der Waals surface area contributed by atoms with Crippen molar-refractivity contribution in [2.24, 2.45) is 0 Å². The molecule has 1 heteroatoms. The molecule has 84 valence electrons. The maximum absolute atomic E-state index is 8.52. The van der Waals surface area contributed by atoms with E-state index in [9.17, 15) is 0 Å². The Labute approximate surface area is 97.4 Å². The molecule has 16 heavy (non-hydrogen) atoms. The lowest BCUT2D eigenvalue weighted by molar-refractivity contribution is 0.299. The first-order valence-corrected chi connectivity index (χ1v) is 5.49. The first-order valence-electron chi connectivity index (χ1n) is 5.49. The van der Waals surface area contributed by atoms with Crippen molar-refractivity contribution in [2.45, 2.75) is 13.3 Å². The van der Waals surface area contributed by atoms with Crippen LogP contribution in [0.3, 0.4) is 0 Å². The topological polar surface area (TPSA) is 20.2 Å². The van der Waals surface area contributed by atoms with Gasteiger partial charge in [-0.05, 0) is 18.9 Å². The molecule has 0 saturated carbocycles. The summed E-state index contributed by atoms with van der Waals surface area (Å²) in [5, 5.41) is 8.52. The number of hydrogen-bond donors (Lipinski definition) is 1. The first-order chi connectivity index (χ1) is 7.83. The maximum Gasteiger partial charge on any atom is 0.0471 e. The molecule has 0 aliphatic carbocycles. The Morgan fingerprint density at radius 1 is 0.812 bits per heavy atom. The van der Waals surface area contributed by atoms with E-state index in [1.165, 1.54) is 11.1 Å². The number of aliphatic hydroxyl groups is 1. The molecule has 0 atom stereocenters. The Balaban J connectivity index is 0.000000165. The third-order valence-electron chi connectivity index (χ3n) is 2.18. The Bertz CT molecular complexity index is 367. The van der Waals surface area contributed by atoms with Crippen molar-refractivity contribution < 1.29 is 5.11 Å². The average molecular weight is 214 g/mol. The van der Waals surface area contributed by atoms with Gasteiger partial charge in [0.15, 0.2) is 0 Å². The molecule has 1 nitrogen and oxygen atoms in total.